The summed E-state index contributed by atoms with van der Waals surface area (Å²) in [4.78, 5) is 12.8. The van der Waals surface area contributed by atoms with Crippen LogP contribution in [-0.4, -0.2) is 34.6 Å². The Labute approximate surface area is 158 Å². The molecule has 1 heterocycles. The van der Waals surface area contributed by atoms with Gasteiger partial charge in [-0.25, -0.2) is 0 Å². The number of rotatable bonds is 6. The molecule has 0 unspecified atom stereocenters. The molecule has 0 bridgehead atoms. The van der Waals surface area contributed by atoms with Crippen molar-refractivity contribution >= 4 is 28.7 Å². The lowest BCUT2D eigenvalue weighted by molar-refractivity contribution is -0.384. The summed E-state index contributed by atoms with van der Waals surface area (Å²) in [7, 11) is 0. The zero-order chi connectivity index (χ0) is 18.4. The van der Waals surface area contributed by atoms with Gasteiger partial charge in [-0.05, 0) is 55.8 Å². The fourth-order valence-electron chi connectivity index (χ4n) is 3.22. The summed E-state index contributed by atoms with van der Waals surface area (Å²) in [5.74, 6) is 0. The summed E-state index contributed by atoms with van der Waals surface area (Å²) in [5.41, 5.74) is 2.07. The maximum absolute atomic E-state index is 10.7. The summed E-state index contributed by atoms with van der Waals surface area (Å²) >= 11 is 5.39. The van der Waals surface area contributed by atoms with Gasteiger partial charge in [-0.15, -0.1) is 0 Å². The topological polar surface area (TPSA) is 70.4 Å². The van der Waals surface area contributed by atoms with E-state index in [1.165, 1.54) is 30.5 Å². The van der Waals surface area contributed by atoms with Gasteiger partial charge < -0.3 is 10.6 Å². The molecule has 7 heteroatoms. The molecule has 3 rings (SSSR count). The Balaban J connectivity index is 1.59. The van der Waals surface area contributed by atoms with Gasteiger partial charge in [0.2, 0.25) is 0 Å². The molecule has 0 saturated carbocycles. The molecule has 2 aromatic rings. The van der Waals surface area contributed by atoms with Crippen LogP contribution in [0, 0.1) is 10.1 Å². The quantitative estimate of drug-likeness (QED) is 0.459. The number of thiocarbonyl (C=S) groups is 1. The van der Waals surface area contributed by atoms with E-state index in [1.807, 2.05) is 6.07 Å². The third-order valence-electron chi connectivity index (χ3n) is 4.56. The first-order valence-electron chi connectivity index (χ1n) is 8.72. The number of nitrogens with one attached hydrogen (secondary N) is 2. The lowest BCUT2D eigenvalue weighted by Crippen LogP contribution is -2.38. The summed E-state index contributed by atoms with van der Waals surface area (Å²) in [5, 5.41) is 17.6. The van der Waals surface area contributed by atoms with Crippen molar-refractivity contribution in [3.63, 3.8) is 0 Å². The smallest absolute Gasteiger partial charge is 0.269 e. The standard InChI is InChI=1S/C19H22N4O2S/c24-23(25)17-10-8-16(9-11-17)21-19(26)20-14-18(22-12-4-5-13-22)15-6-2-1-3-7-15/h1-3,6-11,18H,4-5,12-14H2,(H2,20,21,26)/t18-/m1/s1. The number of nitro benzene ring substituents is 1. The third kappa shape index (κ3) is 4.77. The van der Waals surface area contributed by atoms with Crippen molar-refractivity contribution in [2.45, 2.75) is 18.9 Å². The summed E-state index contributed by atoms with van der Waals surface area (Å²) in [6, 6.07) is 17.0. The van der Waals surface area contributed by atoms with Crippen molar-refractivity contribution in [3.05, 3.63) is 70.3 Å². The second kappa shape index (κ2) is 8.73. The van der Waals surface area contributed by atoms with E-state index in [1.54, 1.807) is 12.1 Å². The van der Waals surface area contributed by atoms with Crippen molar-refractivity contribution in [3.8, 4) is 0 Å². The van der Waals surface area contributed by atoms with Crippen molar-refractivity contribution < 1.29 is 4.92 Å². The van der Waals surface area contributed by atoms with Gasteiger partial charge in [0.15, 0.2) is 5.11 Å². The van der Waals surface area contributed by atoms with Gasteiger partial charge in [0.1, 0.15) is 0 Å². The Hall–Kier alpha value is -2.51. The highest BCUT2D eigenvalue weighted by molar-refractivity contribution is 7.80. The van der Waals surface area contributed by atoms with Crippen LogP contribution in [0.4, 0.5) is 11.4 Å². The molecular formula is C19H22N4O2S. The van der Waals surface area contributed by atoms with Gasteiger partial charge in [0.05, 0.1) is 11.0 Å². The SMILES string of the molecule is O=[N+]([O-])c1ccc(NC(=S)NC[C@H](c2ccccc2)N2CCCC2)cc1. The van der Waals surface area contributed by atoms with E-state index in [2.05, 4.69) is 39.8 Å². The van der Waals surface area contributed by atoms with Crippen LogP contribution < -0.4 is 10.6 Å². The third-order valence-corrected chi connectivity index (χ3v) is 4.80. The van der Waals surface area contributed by atoms with Crippen LogP contribution in [0.1, 0.15) is 24.4 Å². The normalized spacial score (nSPS) is 15.4. The first kappa shape index (κ1) is 18.3. The highest BCUT2D eigenvalue weighted by Crippen LogP contribution is 2.24. The molecule has 1 fully saturated rings. The Kier molecular flexibility index (Phi) is 6.14. The maximum Gasteiger partial charge on any atom is 0.269 e. The number of nitrogens with zero attached hydrogens (tertiary/aromatic N) is 2. The molecule has 6 nitrogen and oxygen atoms in total. The second-order valence-corrected chi connectivity index (χ2v) is 6.72. The molecule has 1 atom stereocenters. The van der Waals surface area contributed by atoms with E-state index in [-0.39, 0.29) is 11.7 Å². The van der Waals surface area contributed by atoms with Crippen LogP contribution in [0.15, 0.2) is 54.6 Å². The minimum atomic E-state index is -0.416. The van der Waals surface area contributed by atoms with Crippen molar-refractivity contribution in [1.29, 1.82) is 0 Å². The van der Waals surface area contributed by atoms with Crippen LogP contribution in [-0.2, 0) is 0 Å². The number of benzene rings is 2. The fourth-order valence-corrected chi connectivity index (χ4v) is 3.42. The van der Waals surface area contributed by atoms with Gasteiger partial charge >= 0.3 is 0 Å². The van der Waals surface area contributed by atoms with Crippen LogP contribution in [0.25, 0.3) is 0 Å². The van der Waals surface area contributed by atoms with Gasteiger partial charge in [-0.3, -0.25) is 15.0 Å². The van der Waals surface area contributed by atoms with Crippen LogP contribution in [0.2, 0.25) is 0 Å². The summed E-state index contributed by atoms with van der Waals surface area (Å²) < 4.78 is 0. The minimum absolute atomic E-state index is 0.0626. The number of nitro groups is 1. The number of hydrogen-bond acceptors (Lipinski definition) is 4. The zero-order valence-electron chi connectivity index (χ0n) is 14.4. The molecule has 2 N–H and O–H groups in total. The molecule has 0 aliphatic carbocycles. The predicted molar refractivity (Wildman–Crippen MR) is 107 cm³/mol. The number of hydrogen-bond donors (Lipinski definition) is 2. The van der Waals surface area contributed by atoms with E-state index in [4.69, 9.17) is 12.2 Å². The molecule has 0 radical (unpaired) electrons. The average Bonchev–Trinajstić information content (AvgIpc) is 3.17. The van der Waals surface area contributed by atoms with Gasteiger partial charge in [-0.1, -0.05) is 30.3 Å². The van der Waals surface area contributed by atoms with E-state index >= 15 is 0 Å². The van der Waals surface area contributed by atoms with E-state index < -0.39 is 4.92 Å². The van der Waals surface area contributed by atoms with Crippen LogP contribution >= 0.6 is 12.2 Å². The highest BCUT2D eigenvalue weighted by atomic mass is 32.1. The molecule has 136 valence electrons. The molecule has 26 heavy (non-hydrogen) atoms. The summed E-state index contributed by atoms with van der Waals surface area (Å²) in [6.07, 6.45) is 2.46. The molecule has 0 spiro atoms. The van der Waals surface area contributed by atoms with E-state index in [0.717, 1.165) is 18.8 Å². The van der Waals surface area contributed by atoms with Crippen molar-refractivity contribution in [1.82, 2.24) is 10.2 Å². The molecular weight excluding hydrogens is 348 g/mol. The Bertz CT molecular complexity index is 746. The maximum atomic E-state index is 10.7. The Morgan fingerprint density at radius 2 is 1.77 bits per heavy atom. The lowest BCUT2D eigenvalue weighted by atomic mass is 10.1. The number of likely N-dealkylation sites (tertiary alicyclic amines) is 1. The first-order chi connectivity index (χ1) is 12.6. The van der Waals surface area contributed by atoms with Crippen molar-refractivity contribution in [2.75, 3.05) is 25.0 Å². The van der Waals surface area contributed by atoms with Crippen LogP contribution in [0.3, 0.4) is 0 Å². The zero-order valence-corrected chi connectivity index (χ0v) is 15.2. The Morgan fingerprint density at radius 1 is 1.12 bits per heavy atom. The Morgan fingerprint density at radius 3 is 2.38 bits per heavy atom. The average molecular weight is 370 g/mol. The van der Waals surface area contributed by atoms with E-state index in [9.17, 15) is 10.1 Å². The number of non-ortho nitro benzene ring substituents is 1. The fraction of sp³-hybridized carbons (Fsp3) is 0.316. The van der Waals surface area contributed by atoms with E-state index in [0.29, 0.717) is 11.7 Å². The second-order valence-electron chi connectivity index (χ2n) is 6.31. The molecule has 1 saturated heterocycles. The monoisotopic (exact) mass is 370 g/mol. The summed E-state index contributed by atoms with van der Waals surface area (Å²) in [6.45, 7) is 2.91. The molecule has 1 aliphatic rings. The molecule has 2 aromatic carbocycles. The first-order valence-corrected chi connectivity index (χ1v) is 9.12. The van der Waals surface area contributed by atoms with Crippen molar-refractivity contribution in [2.24, 2.45) is 0 Å². The number of anilines is 1. The lowest BCUT2D eigenvalue weighted by Gasteiger charge is -2.28. The minimum Gasteiger partial charge on any atom is -0.361 e. The highest BCUT2D eigenvalue weighted by Gasteiger charge is 2.23. The van der Waals surface area contributed by atoms with Gasteiger partial charge in [0, 0.05) is 24.4 Å². The molecule has 1 aliphatic heterocycles. The predicted octanol–water partition coefficient (Wildman–Crippen LogP) is 3.72. The molecule has 0 aromatic heterocycles. The molecule has 0 amide bonds. The van der Waals surface area contributed by atoms with Gasteiger partial charge in [-0.2, -0.15) is 0 Å². The van der Waals surface area contributed by atoms with Crippen LogP contribution in [0.5, 0.6) is 0 Å². The largest absolute Gasteiger partial charge is 0.361 e. The van der Waals surface area contributed by atoms with Gasteiger partial charge in [0.25, 0.3) is 5.69 Å².